The maximum atomic E-state index is 12.1. The van der Waals surface area contributed by atoms with Crippen molar-refractivity contribution >= 4 is 27.6 Å². The minimum atomic E-state index is -0.403. The Morgan fingerprint density at radius 1 is 1.21 bits per heavy atom. The van der Waals surface area contributed by atoms with Crippen molar-refractivity contribution < 1.29 is 9.59 Å². The number of primary amides is 1. The van der Waals surface area contributed by atoms with Gasteiger partial charge in [0, 0.05) is 10.0 Å². The van der Waals surface area contributed by atoms with E-state index in [1.54, 1.807) is 17.0 Å². The SMILES string of the molecule is CCCCN(CC(N)=O)CC(=O)c1ccc(Br)cc1. The van der Waals surface area contributed by atoms with Gasteiger partial charge >= 0.3 is 0 Å². The van der Waals surface area contributed by atoms with E-state index in [1.807, 2.05) is 12.1 Å². The molecule has 19 heavy (non-hydrogen) atoms. The summed E-state index contributed by atoms with van der Waals surface area (Å²) in [4.78, 5) is 24.9. The number of amides is 1. The highest BCUT2D eigenvalue weighted by Gasteiger charge is 2.14. The Balaban J connectivity index is 2.63. The zero-order valence-corrected chi connectivity index (χ0v) is 12.6. The van der Waals surface area contributed by atoms with Crippen LogP contribution < -0.4 is 5.73 Å². The molecule has 0 saturated carbocycles. The summed E-state index contributed by atoms with van der Waals surface area (Å²) in [6.07, 6.45) is 1.96. The van der Waals surface area contributed by atoms with Crippen LogP contribution in [0.4, 0.5) is 0 Å². The molecular weight excluding hydrogens is 308 g/mol. The van der Waals surface area contributed by atoms with Crippen LogP contribution in [-0.4, -0.2) is 36.2 Å². The summed E-state index contributed by atoms with van der Waals surface area (Å²) in [6, 6.07) is 7.21. The second-order valence-corrected chi connectivity index (χ2v) is 5.38. The van der Waals surface area contributed by atoms with Crippen LogP contribution in [0.2, 0.25) is 0 Å². The number of nitrogens with two attached hydrogens (primary N) is 1. The highest BCUT2D eigenvalue weighted by molar-refractivity contribution is 9.10. The zero-order valence-electron chi connectivity index (χ0n) is 11.1. The molecule has 0 aliphatic heterocycles. The second-order valence-electron chi connectivity index (χ2n) is 4.46. The molecule has 1 aromatic carbocycles. The molecule has 0 saturated heterocycles. The Morgan fingerprint density at radius 2 is 1.84 bits per heavy atom. The van der Waals surface area contributed by atoms with Crippen LogP contribution in [0, 0.1) is 0 Å². The van der Waals surface area contributed by atoms with Gasteiger partial charge in [-0.3, -0.25) is 14.5 Å². The molecule has 0 fully saturated rings. The first kappa shape index (κ1) is 15.9. The molecule has 0 heterocycles. The number of unbranched alkanes of at least 4 members (excludes halogenated alkanes) is 1. The number of Topliss-reactive ketones (excluding diaryl/α,β-unsaturated/α-hetero) is 1. The molecule has 0 aliphatic carbocycles. The summed E-state index contributed by atoms with van der Waals surface area (Å²) in [5.74, 6) is -0.399. The maximum absolute atomic E-state index is 12.1. The van der Waals surface area contributed by atoms with Crippen molar-refractivity contribution in [2.75, 3.05) is 19.6 Å². The van der Waals surface area contributed by atoms with E-state index in [2.05, 4.69) is 22.9 Å². The summed E-state index contributed by atoms with van der Waals surface area (Å²) in [5.41, 5.74) is 5.85. The normalized spacial score (nSPS) is 10.7. The van der Waals surface area contributed by atoms with E-state index in [1.165, 1.54) is 0 Å². The molecule has 4 nitrogen and oxygen atoms in total. The number of nitrogens with zero attached hydrogens (tertiary/aromatic N) is 1. The first-order valence-electron chi connectivity index (χ1n) is 6.32. The summed E-state index contributed by atoms with van der Waals surface area (Å²) >= 11 is 3.33. The third kappa shape index (κ3) is 5.98. The fourth-order valence-corrected chi connectivity index (χ4v) is 2.01. The average Bonchev–Trinajstić information content (AvgIpc) is 2.36. The van der Waals surface area contributed by atoms with Gasteiger partial charge in [-0.2, -0.15) is 0 Å². The van der Waals surface area contributed by atoms with E-state index in [0.29, 0.717) is 12.1 Å². The van der Waals surface area contributed by atoms with Crippen molar-refractivity contribution in [3.63, 3.8) is 0 Å². The number of ketones is 1. The summed E-state index contributed by atoms with van der Waals surface area (Å²) in [7, 11) is 0. The molecule has 1 aromatic rings. The maximum Gasteiger partial charge on any atom is 0.231 e. The lowest BCUT2D eigenvalue weighted by atomic mass is 10.1. The fourth-order valence-electron chi connectivity index (χ4n) is 1.75. The van der Waals surface area contributed by atoms with Gasteiger partial charge < -0.3 is 5.73 Å². The Kier molecular flexibility index (Phi) is 6.73. The molecule has 1 amide bonds. The first-order chi connectivity index (χ1) is 9.02. The van der Waals surface area contributed by atoms with Gasteiger partial charge in [-0.05, 0) is 25.1 Å². The molecule has 104 valence electrons. The van der Waals surface area contributed by atoms with Gasteiger partial charge in [0.2, 0.25) is 5.91 Å². The van der Waals surface area contributed by atoms with Crippen LogP contribution >= 0.6 is 15.9 Å². The third-order valence-corrected chi connectivity index (χ3v) is 3.27. The molecule has 0 aromatic heterocycles. The van der Waals surface area contributed by atoms with Crippen LogP contribution in [-0.2, 0) is 4.79 Å². The number of rotatable bonds is 8. The topological polar surface area (TPSA) is 63.4 Å². The zero-order chi connectivity index (χ0) is 14.3. The Hall–Kier alpha value is -1.20. The summed E-state index contributed by atoms with van der Waals surface area (Å²) in [6.45, 7) is 3.13. The van der Waals surface area contributed by atoms with Gasteiger partial charge in [-0.1, -0.05) is 41.4 Å². The van der Waals surface area contributed by atoms with Crippen LogP contribution in [0.3, 0.4) is 0 Å². The van der Waals surface area contributed by atoms with E-state index in [9.17, 15) is 9.59 Å². The number of carbonyl (C=O) groups excluding carboxylic acids is 2. The minimum Gasteiger partial charge on any atom is -0.369 e. The third-order valence-electron chi connectivity index (χ3n) is 2.74. The van der Waals surface area contributed by atoms with Crippen molar-refractivity contribution in [3.05, 3.63) is 34.3 Å². The van der Waals surface area contributed by atoms with Gasteiger partial charge in [-0.25, -0.2) is 0 Å². The van der Waals surface area contributed by atoms with Crippen molar-refractivity contribution in [1.82, 2.24) is 4.90 Å². The van der Waals surface area contributed by atoms with Crippen LogP contribution in [0.5, 0.6) is 0 Å². The molecule has 0 spiro atoms. The lowest BCUT2D eigenvalue weighted by Gasteiger charge is -2.19. The first-order valence-corrected chi connectivity index (χ1v) is 7.11. The molecule has 0 aliphatic rings. The quantitative estimate of drug-likeness (QED) is 0.745. The Morgan fingerprint density at radius 3 is 2.37 bits per heavy atom. The van der Waals surface area contributed by atoms with Crippen LogP contribution in [0.1, 0.15) is 30.1 Å². The van der Waals surface area contributed by atoms with Gasteiger partial charge in [0.25, 0.3) is 0 Å². The van der Waals surface area contributed by atoms with E-state index in [-0.39, 0.29) is 18.9 Å². The lowest BCUT2D eigenvalue weighted by molar-refractivity contribution is -0.119. The van der Waals surface area contributed by atoms with Gasteiger partial charge in [-0.15, -0.1) is 0 Å². The largest absolute Gasteiger partial charge is 0.369 e. The summed E-state index contributed by atoms with van der Waals surface area (Å²) < 4.78 is 0.934. The van der Waals surface area contributed by atoms with Crippen molar-refractivity contribution in [1.29, 1.82) is 0 Å². The van der Waals surface area contributed by atoms with E-state index < -0.39 is 5.91 Å². The number of hydrogen-bond donors (Lipinski definition) is 1. The monoisotopic (exact) mass is 326 g/mol. The fraction of sp³-hybridized carbons (Fsp3) is 0.429. The molecule has 0 bridgehead atoms. The number of benzene rings is 1. The molecule has 2 N–H and O–H groups in total. The van der Waals surface area contributed by atoms with Gasteiger partial charge in [0.05, 0.1) is 13.1 Å². The van der Waals surface area contributed by atoms with E-state index >= 15 is 0 Å². The molecule has 1 rings (SSSR count). The van der Waals surface area contributed by atoms with Gasteiger partial charge in [0.15, 0.2) is 5.78 Å². The predicted molar refractivity (Wildman–Crippen MR) is 79.0 cm³/mol. The number of halogens is 1. The second kappa shape index (κ2) is 8.07. The molecular formula is C14H19BrN2O2. The number of carbonyl (C=O) groups is 2. The van der Waals surface area contributed by atoms with E-state index in [4.69, 9.17) is 5.73 Å². The molecule has 0 unspecified atom stereocenters. The minimum absolute atomic E-state index is 0.00449. The Labute approximate surface area is 122 Å². The highest BCUT2D eigenvalue weighted by atomic mass is 79.9. The van der Waals surface area contributed by atoms with Crippen LogP contribution in [0.25, 0.3) is 0 Å². The lowest BCUT2D eigenvalue weighted by Crippen LogP contribution is -2.38. The molecule has 0 radical (unpaired) electrons. The smallest absolute Gasteiger partial charge is 0.231 e. The molecule has 5 heteroatoms. The van der Waals surface area contributed by atoms with Gasteiger partial charge in [0.1, 0.15) is 0 Å². The van der Waals surface area contributed by atoms with Crippen molar-refractivity contribution in [2.45, 2.75) is 19.8 Å². The van der Waals surface area contributed by atoms with Crippen LogP contribution in [0.15, 0.2) is 28.7 Å². The standard InChI is InChI=1S/C14H19BrN2O2/c1-2-3-8-17(10-14(16)19)9-13(18)11-4-6-12(15)7-5-11/h4-7H,2-3,8-10H2,1H3,(H2,16,19). The molecule has 0 atom stereocenters. The number of hydrogen-bond acceptors (Lipinski definition) is 3. The van der Waals surface area contributed by atoms with Crippen molar-refractivity contribution in [3.8, 4) is 0 Å². The van der Waals surface area contributed by atoms with Crippen molar-refractivity contribution in [2.24, 2.45) is 5.73 Å². The highest BCUT2D eigenvalue weighted by Crippen LogP contribution is 2.11. The van der Waals surface area contributed by atoms with E-state index in [0.717, 1.165) is 17.3 Å². The summed E-state index contributed by atoms with van der Waals surface area (Å²) in [5, 5.41) is 0. The Bertz CT molecular complexity index is 432. The average molecular weight is 327 g/mol. The predicted octanol–water partition coefficient (Wildman–Crippen LogP) is 2.22.